The standard InChI is InChI=1S/C20H34O18/c21-2-5(24)15-10(26)6(1-20(33,38-15)19(31)32)34-17-14(30)12(28)16(8(4-23)36-17)37-18-13(29)11(27)9(25)7(3-22)35-18/h5-18,21-30,33H,1-4H2,(H,31,32)/t5-,6-,7-,8-,9+,10-,11+,12-,13-,14+,15-,16-,17+,18-,20+/m1/s1. The van der Waals surface area contributed by atoms with Gasteiger partial charge in [-0.25, -0.2) is 4.79 Å². The second-order valence-electron chi connectivity index (χ2n) is 9.30. The average Bonchev–Trinajstić information content (AvgIpc) is 2.89. The van der Waals surface area contributed by atoms with E-state index in [0.29, 0.717) is 0 Å². The van der Waals surface area contributed by atoms with E-state index in [1.165, 1.54) is 0 Å². The number of ether oxygens (including phenoxy) is 5. The van der Waals surface area contributed by atoms with Crippen LogP contribution in [-0.4, -0.2) is 179 Å². The maximum Gasteiger partial charge on any atom is 0.364 e. The van der Waals surface area contributed by atoms with E-state index in [0.717, 1.165) is 0 Å². The lowest BCUT2D eigenvalue weighted by Crippen LogP contribution is -2.66. The van der Waals surface area contributed by atoms with E-state index in [9.17, 15) is 66.1 Å². The van der Waals surface area contributed by atoms with E-state index in [1.807, 2.05) is 0 Å². The Hall–Kier alpha value is -1.17. The molecule has 15 atom stereocenters. The van der Waals surface area contributed by atoms with E-state index in [4.69, 9.17) is 23.7 Å². The molecule has 0 radical (unpaired) electrons. The van der Waals surface area contributed by atoms with Crippen LogP contribution in [0.25, 0.3) is 0 Å². The van der Waals surface area contributed by atoms with Crippen molar-refractivity contribution in [3.05, 3.63) is 0 Å². The Morgan fingerprint density at radius 2 is 1.37 bits per heavy atom. The molecule has 3 heterocycles. The molecule has 0 aromatic heterocycles. The van der Waals surface area contributed by atoms with Crippen LogP contribution in [0.1, 0.15) is 6.42 Å². The van der Waals surface area contributed by atoms with Crippen molar-refractivity contribution in [2.24, 2.45) is 0 Å². The molecule has 3 rings (SSSR count). The van der Waals surface area contributed by atoms with Gasteiger partial charge in [-0.1, -0.05) is 0 Å². The maximum absolute atomic E-state index is 11.5. The largest absolute Gasteiger partial charge is 0.477 e. The highest BCUT2D eigenvalue weighted by atomic mass is 16.7. The zero-order valence-corrected chi connectivity index (χ0v) is 19.7. The van der Waals surface area contributed by atoms with Crippen molar-refractivity contribution in [2.75, 3.05) is 19.8 Å². The van der Waals surface area contributed by atoms with Gasteiger partial charge >= 0.3 is 5.97 Å². The first-order valence-electron chi connectivity index (χ1n) is 11.6. The van der Waals surface area contributed by atoms with Crippen LogP contribution in [0, 0.1) is 0 Å². The van der Waals surface area contributed by atoms with Crippen molar-refractivity contribution < 1.29 is 89.8 Å². The molecular weight excluding hydrogens is 528 g/mol. The van der Waals surface area contributed by atoms with Crippen molar-refractivity contribution in [3.63, 3.8) is 0 Å². The van der Waals surface area contributed by atoms with E-state index in [1.54, 1.807) is 0 Å². The van der Waals surface area contributed by atoms with Gasteiger partial charge in [0.1, 0.15) is 67.1 Å². The summed E-state index contributed by atoms with van der Waals surface area (Å²) in [5, 5.41) is 120. The molecule has 222 valence electrons. The summed E-state index contributed by atoms with van der Waals surface area (Å²) in [6.45, 7) is -2.67. The van der Waals surface area contributed by atoms with Crippen LogP contribution in [0.3, 0.4) is 0 Å². The van der Waals surface area contributed by atoms with E-state index in [2.05, 4.69) is 0 Å². The molecule has 0 aromatic carbocycles. The number of carboxylic acid groups (broad SMARTS) is 1. The van der Waals surface area contributed by atoms with E-state index in [-0.39, 0.29) is 0 Å². The first kappa shape index (κ1) is 31.4. The highest BCUT2D eigenvalue weighted by Crippen LogP contribution is 2.35. The van der Waals surface area contributed by atoms with Crippen molar-refractivity contribution in [3.8, 4) is 0 Å². The van der Waals surface area contributed by atoms with Crippen LogP contribution in [0.2, 0.25) is 0 Å². The van der Waals surface area contributed by atoms with Crippen LogP contribution in [0.4, 0.5) is 0 Å². The van der Waals surface area contributed by atoms with Crippen molar-refractivity contribution in [1.29, 1.82) is 0 Å². The topological polar surface area (TPSA) is 306 Å². The van der Waals surface area contributed by atoms with Gasteiger partial charge in [-0.3, -0.25) is 0 Å². The molecule has 3 aliphatic heterocycles. The summed E-state index contributed by atoms with van der Waals surface area (Å²) in [5.41, 5.74) is 0. The second-order valence-corrected chi connectivity index (χ2v) is 9.30. The molecule has 18 nitrogen and oxygen atoms in total. The Bertz CT molecular complexity index is 783. The number of aliphatic hydroxyl groups excluding tert-OH is 10. The number of carboxylic acids is 1. The lowest BCUT2D eigenvalue weighted by atomic mass is 9.92. The summed E-state index contributed by atoms with van der Waals surface area (Å²) < 4.78 is 26.3. The fourth-order valence-electron chi connectivity index (χ4n) is 4.46. The number of aliphatic hydroxyl groups is 11. The first-order valence-corrected chi connectivity index (χ1v) is 11.6. The van der Waals surface area contributed by atoms with Gasteiger partial charge in [0.25, 0.3) is 5.79 Å². The fraction of sp³-hybridized carbons (Fsp3) is 0.950. The van der Waals surface area contributed by atoms with Gasteiger partial charge in [-0.05, 0) is 0 Å². The molecule has 3 fully saturated rings. The molecule has 3 saturated heterocycles. The van der Waals surface area contributed by atoms with Crippen molar-refractivity contribution >= 4 is 5.97 Å². The molecular formula is C20H34O18. The zero-order valence-electron chi connectivity index (χ0n) is 19.7. The minimum Gasteiger partial charge on any atom is -0.477 e. The summed E-state index contributed by atoms with van der Waals surface area (Å²) in [4.78, 5) is 11.5. The maximum atomic E-state index is 11.5. The molecule has 3 aliphatic rings. The van der Waals surface area contributed by atoms with Crippen molar-refractivity contribution in [1.82, 2.24) is 0 Å². The molecule has 0 aliphatic carbocycles. The molecule has 0 spiro atoms. The second kappa shape index (κ2) is 12.6. The Morgan fingerprint density at radius 3 is 1.92 bits per heavy atom. The van der Waals surface area contributed by atoms with Crippen LogP contribution in [0.15, 0.2) is 0 Å². The van der Waals surface area contributed by atoms with Gasteiger partial charge in [0.05, 0.1) is 25.9 Å². The molecule has 0 amide bonds. The molecule has 12 N–H and O–H groups in total. The smallest absolute Gasteiger partial charge is 0.364 e. The third kappa shape index (κ3) is 6.10. The van der Waals surface area contributed by atoms with Crippen LogP contribution >= 0.6 is 0 Å². The molecule has 0 unspecified atom stereocenters. The SMILES string of the molecule is O=C(O)[C@]1(O)C[C@@H](O[C@H]2O[C@H](CO)[C@@H](O[C@H]3O[C@H](CO)[C@H](O)[C@H](O)[C@H]3O)[C@H](O)[C@@H]2O)[C@@H](O)[C@@H]([C@H](O)CO)O1. The normalized spacial score (nSPS) is 49.0. The van der Waals surface area contributed by atoms with Gasteiger partial charge < -0.3 is 85.0 Å². The summed E-state index contributed by atoms with van der Waals surface area (Å²) in [5.74, 6) is -4.91. The molecule has 38 heavy (non-hydrogen) atoms. The predicted octanol–water partition coefficient (Wildman–Crippen LogP) is -7.73. The third-order valence-corrected chi connectivity index (χ3v) is 6.70. The molecule has 0 saturated carbocycles. The highest BCUT2D eigenvalue weighted by molar-refractivity contribution is 5.75. The quantitative estimate of drug-likeness (QED) is 0.124. The monoisotopic (exact) mass is 562 g/mol. The van der Waals surface area contributed by atoms with E-state index < -0.39 is 124 Å². The lowest BCUT2D eigenvalue weighted by molar-refractivity contribution is -0.376. The number of rotatable bonds is 9. The first-order chi connectivity index (χ1) is 17.8. The number of aliphatic carboxylic acids is 1. The summed E-state index contributed by atoms with van der Waals surface area (Å²) in [6, 6.07) is 0. The Labute approximate surface area is 214 Å². The number of hydrogen-bond acceptors (Lipinski definition) is 17. The third-order valence-electron chi connectivity index (χ3n) is 6.70. The molecule has 0 aromatic rings. The Morgan fingerprint density at radius 1 is 0.816 bits per heavy atom. The number of carbonyl (C=O) groups is 1. The lowest BCUT2D eigenvalue weighted by Gasteiger charge is -2.48. The van der Waals surface area contributed by atoms with Crippen LogP contribution < -0.4 is 0 Å². The Kier molecular flexibility index (Phi) is 10.4. The summed E-state index contributed by atoms with van der Waals surface area (Å²) >= 11 is 0. The predicted molar refractivity (Wildman–Crippen MR) is 112 cm³/mol. The summed E-state index contributed by atoms with van der Waals surface area (Å²) in [6.07, 6.45) is -25.9. The minimum atomic E-state index is -2.99. The highest BCUT2D eigenvalue weighted by Gasteiger charge is 2.56. The Balaban J connectivity index is 1.76. The molecule has 0 bridgehead atoms. The van der Waals surface area contributed by atoms with Crippen LogP contribution in [-0.2, 0) is 28.5 Å². The van der Waals surface area contributed by atoms with Crippen molar-refractivity contribution in [2.45, 2.75) is 98.0 Å². The minimum absolute atomic E-state index is 0.779. The zero-order chi connectivity index (χ0) is 28.5. The van der Waals surface area contributed by atoms with Crippen LogP contribution in [0.5, 0.6) is 0 Å². The molecule has 18 heteroatoms. The van der Waals surface area contributed by atoms with Gasteiger partial charge in [0.15, 0.2) is 12.6 Å². The number of hydrogen-bond donors (Lipinski definition) is 12. The fourth-order valence-corrected chi connectivity index (χ4v) is 4.46. The average molecular weight is 562 g/mol. The van der Waals surface area contributed by atoms with Gasteiger partial charge in [0, 0.05) is 6.42 Å². The van der Waals surface area contributed by atoms with Gasteiger partial charge in [-0.2, -0.15) is 0 Å². The van der Waals surface area contributed by atoms with Gasteiger partial charge in [0.2, 0.25) is 0 Å². The van der Waals surface area contributed by atoms with E-state index >= 15 is 0 Å². The summed E-state index contributed by atoms with van der Waals surface area (Å²) in [7, 11) is 0. The van der Waals surface area contributed by atoms with Gasteiger partial charge in [-0.15, -0.1) is 0 Å².